The van der Waals surface area contributed by atoms with Crippen LogP contribution >= 0.6 is 0 Å². The van der Waals surface area contributed by atoms with Gasteiger partial charge in [-0.1, -0.05) is 19.4 Å². The molecule has 13 heavy (non-hydrogen) atoms. The molecular formula is C9H19N2O2+. The van der Waals surface area contributed by atoms with Gasteiger partial charge in [-0.2, -0.15) is 0 Å². The summed E-state index contributed by atoms with van der Waals surface area (Å²) in [4.78, 5) is 11.2. The van der Waals surface area contributed by atoms with Gasteiger partial charge in [-0.15, -0.1) is 6.58 Å². The van der Waals surface area contributed by atoms with E-state index in [4.69, 9.17) is 0 Å². The van der Waals surface area contributed by atoms with Crippen LogP contribution in [0.3, 0.4) is 0 Å². The van der Waals surface area contributed by atoms with E-state index in [1.807, 2.05) is 6.92 Å². The van der Waals surface area contributed by atoms with Crippen LogP contribution in [-0.4, -0.2) is 29.7 Å². The molecule has 4 heteroatoms. The number of aliphatic hydroxyl groups excluding tert-OH is 1. The van der Waals surface area contributed by atoms with Gasteiger partial charge < -0.3 is 16.2 Å². The van der Waals surface area contributed by atoms with Crippen LogP contribution < -0.4 is 11.1 Å². The predicted molar refractivity (Wildman–Crippen MR) is 50.8 cm³/mol. The van der Waals surface area contributed by atoms with Crippen molar-refractivity contribution in [2.24, 2.45) is 0 Å². The van der Waals surface area contributed by atoms with Gasteiger partial charge >= 0.3 is 0 Å². The SMILES string of the molecule is C=CCNC(=O)C(O)C([NH3+])CCC. The summed E-state index contributed by atoms with van der Waals surface area (Å²) in [5.74, 6) is -0.367. The van der Waals surface area contributed by atoms with Gasteiger partial charge in [0.2, 0.25) is 0 Å². The van der Waals surface area contributed by atoms with E-state index in [0.29, 0.717) is 6.54 Å². The van der Waals surface area contributed by atoms with Crippen molar-refractivity contribution < 1.29 is 15.6 Å². The number of carbonyl (C=O) groups excluding carboxylic acids is 1. The molecule has 2 atom stereocenters. The Morgan fingerprint density at radius 2 is 2.38 bits per heavy atom. The number of hydrogen-bond donors (Lipinski definition) is 3. The molecule has 0 saturated carbocycles. The molecule has 0 saturated heterocycles. The zero-order chi connectivity index (χ0) is 10.3. The molecule has 1 amide bonds. The maximum Gasteiger partial charge on any atom is 0.255 e. The van der Waals surface area contributed by atoms with Crippen LogP contribution in [0, 0.1) is 0 Å². The molecule has 0 aliphatic carbocycles. The molecule has 0 fully saturated rings. The molecule has 0 aromatic carbocycles. The van der Waals surface area contributed by atoms with Crippen molar-refractivity contribution in [2.45, 2.75) is 31.9 Å². The van der Waals surface area contributed by atoms with Crippen LogP contribution in [-0.2, 0) is 4.79 Å². The average molecular weight is 187 g/mol. The van der Waals surface area contributed by atoms with Gasteiger partial charge in [0.1, 0.15) is 6.04 Å². The number of quaternary nitrogens is 1. The number of aliphatic hydroxyl groups is 1. The summed E-state index contributed by atoms with van der Waals surface area (Å²) >= 11 is 0. The van der Waals surface area contributed by atoms with Gasteiger partial charge in [-0.05, 0) is 0 Å². The Morgan fingerprint density at radius 1 is 1.77 bits per heavy atom. The van der Waals surface area contributed by atoms with Gasteiger partial charge in [0.15, 0.2) is 6.10 Å². The Hall–Kier alpha value is -0.870. The molecular weight excluding hydrogens is 168 g/mol. The van der Waals surface area contributed by atoms with Crippen molar-refractivity contribution in [2.75, 3.05) is 6.54 Å². The second kappa shape index (κ2) is 6.62. The molecule has 0 spiro atoms. The van der Waals surface area contributed by atoms with E-state index < -0.39 is 6.10 Å². The fraction of sp³-hybridized carbons (Fsp3) is 0.667. The Morgan fingerprint density at radius 3 is 2.85 bits per heavy atom. The third-order valence-electron chi connectivity index (χ3n) is 1.80. The molecule has 0 heterocycles. The molecule has 0 aromatic rings. The monoisotopic (exact) mass is 187 g/mol. The van der Waals surface area contributed by atoms with Gasteiger partial charge in [0, 0.05) is 13.0 Å². The first-order chi connectivity index (χ1) is 6.13. The van der Waals surface area contributed by atoms with Crippen molar-refractivity contribution in [1.82, 2.24) is 5.32 Å². The van der Waals surface area contributed by atoms with Crippen LogP contribution in [0.25, 0.3) is 0 Å². The summed E-state index contributed by atoms with van der Waals surface area (Å²) in [6.45, 7) is 5.84. The topological polar surface area (TPSA) is 77.0 Å². The highest BCUT2D eigenvalue weighted by atomic mass is 16.3. The van der Waals surface area contributed by atoms with Crippen LogP contribution in [0.15, 0.2) is 12.7 Å². The van der Waals surface area contributed by atoms with E-state index in [-0.39, 0.29) is 11.9 Å². The number of hydrogen-bond acceptors (Lipinski definition) is 2. The quantitative estimate of drug-likeness (QED) is 0.469. The first kappa shape index (κ1) is 12.1. The zero-order valence-electron chi connectivity index (χ0n) is 8.12. The summed E-state index contributed by atoms with van der Waals surface area (Å²) in [5.41, 5.74) is 3.72. The van der Waals surface area contributed by atoms with Crippen molar-refractivity contribution in [3.8, 4) is 0 Å². The number of nitrogens with one attached hydrogen (secondary N) is 1. The lowest BCUT2D eigenvalue weighted by atomic mass is 10.1. The fourth-order valence-corrected chi connectivity index (χ4v) is 1.02. The van der Waals surface area contributed by atoms with Gasteiger partial charge in [0.25, 0.3) is 5.91 Å². The van der Waals surface area contributed by atoms with E-state index in [2.05, 4.69) is 17.6 Å². The van der Waals surface area contributed by atoms with Crippen LogP contribution in [0.5, 0.6) is 0 Å². The molecule has 0 radical (unpaired) electrons. The van der Waals surface area contributed by atoms with Crippen molar-refractivity contribution in [3.05, 3.63) is 12.7 Å². The summed E-state index contributed by atoms with van der Waals surface area (Å²) in [6, 6.07) is -0.227. The normalized spacial score (nSPS) is 14.7. The molecule has 0 aromatic heterocycles. The Labute approximate surface area is 78.8 Å². The predicted octanol–water partition coefficient (Wildman–Crippen LogP) is -0.940. The zero-order valence-corrected chi connectivity index (χ0v) is 8.12. The minimum atomic E-state index is -1.00. The summed E-state index contributed by atoms with van der Waals surface area (Å²) in [5, 5.41) is 12.0. The highest BCUT2D eigenvalue weighted by molar-refractivity contribution is 5.81. The molecule has 76 valence electrons. The molecule has 5 N–H and O–H groups in total. The maximum atomic E-state index is 11.2. The van der Waals surface area contributed by atoms with E-state index in [9.17, 15) is 9.90 Å². The number of rotatable bonds is 6. The Balaban J connectivity index is 3.85. The molecule has 0 aliphatic rings. The maximum absolute atomic E-state index is 11.2. The third-order valence-corrected chi connectivity index (χ3v) is 1.80. The van der Waals surface area contributed by atoms with E-state index in [1.165, 1.54) is 0 Å². The molecule has 0 bridgehead atoms. The summed E-state index contributed by atoms with van der Waals surface area (Å²) < 4.78 is 0. The lowest BCUT2D eigenvalue weighted by Gasteiger charge is -2.14. The van der Waals surface area contributed by atoms with Crippen molar-refractivity contribution in [3.63, 3.8) is 0 Å². The number of amides is 1. The Kier molecular flexibility index (Phi) is 6.18. The van der Waals surface area contributed by atoms with E-state index in [1.54, 1.807) is 6.08 Å². The smallest absolute Gasteiger partial charge is 0.255 e. The first-order valence-electron chi connectivity index (χ1n) is 4.53. The third kappa shape index (κ3) is 4.65. The molecule has 2 unspecified atom stereocenters. The molecule has 4 nitrogen and oxygen atoms in total. The van der Waals surface area contributed by atoms with E-state index in [0.717, 1.165) is 12.8 Å². The second-order valence-electron chi connectivity index (χ2n) is 3.03. The van der Waals surface area contributed by atoms with Crippen LogP contribution in [0.2, 0.25) is 0 Å². The second-order valence-corrected chi connectivity index (χ2v) is 3.03. The average Bonchev–Trinajstić information content (AvgIpc) is 2.13. The van der Waals surface area contributed by atoms with Crippen LogP contribution in [0.1, 0.15) is 19.8 Å². The van der Waals surface area contributed by atoms with Gasteiger partial charge in [-0.3, -0.25) is 4.79 Å². The van der Waals surface area contributed by atoms with Gasteiger partial charge in [-0.25, -0.2) is 0 Å². The lowest BCUT2D eigenvalue weighted by molar-refractivity contribution is -0.434. The first-order valence-corrected chi connectivity index (χ1v) is 4.53. The number of carbonyl (C=O) groups is 1. The van der Waals surface area contributed by atoms with Crippen molar-refractivity contribution in [1.29, 1.82) is 0 Å². The largest absolute Gasteiger partial charge is 0.378 e. The minimum Gasteiger partial charge on any atom is -0.378 e. The summed E-state index contributed by atoms with van der Waals surface area (Å²) in [7, 11) is 0. The molecule has 0 aliphatic heterocycles. The van der Waals surface area contributed by atoms with Crippen molar-refractivity contribution >= 4 is 5.91 Å². The Bertz CT molecular complexity index is 171. The molecule has 0 rings (SSSR count). The lowest BCUT2D eigenvalue weighted by Crippen LogP contribution is -2.68. The minimum absolute atomic E-state index is 0.227. The fourth-order valence-electron chi connectivity index (χ4n) is 1.02. The van der Waals surface area contributed by atoms with Gasteiger partial charge in [0.05, 0.1) is 0 Å². The summed E-state index contributed by atoms with van der Waals surface area (Å²) in [6.07, 6.45) is 2.24. The highest BCUT2D eigenvalue weighted by Gasteiger charge is 2.24. The standard InChI is InChI=1S/C9H18N2O2/c1-3-5-7(10)8(12)9(13)11-6-4-2/h4,7-8,12H,2-3,5-6,10H2,1H3,(H,11,13)/p+1. The van der Waals surface area contributed by atoms with E-state index >= 15 is 0 Å². The highest BCUT2D eigenvalue weighted by Crippen LogP contribution is 1.97. The van der Waals surface area contributed by atoms with Crippen LogP contribution in [0.4, 0.5) is 0 Å².